The van der Waals surface area contributed by atoms with E-state index >= 15 is 0 Å². The molecule has 0 radical (unpaired) electrons. The number of nitrogens with zero attached hydrogens (tertiary/aromatic N) is 2. The predicted molar refractivity (Wildman–Crippen MR) is 44.9 cm³/mol. The highest BCUT2D eigenvalue weighted by Gasteiger charge is 2.09. The Hall–Kier alpha value is -0.550. The minimum absolute atomic E-state index is 0. The lowest BCUT2D eigenvalue weighted by Gasteiger charge is -2.09. The summed E-state index contributed by atoms with van der Waals surface area (Å²) in [4.78, 5) is 20.4. The number of carbonyl (C=O) groups excluding carboxylic acids is 1. The first kappa shape index (κ1) is 13.1. The highest BCUT2D eigenvalue weighted by atomic mass is 35.5. The molecule has 0 spiro atoms. The lowest BCUT2D eigenvalue weighted by atomic mass is 10.7. The standard InChI is InChI=1S/C4H8ClN3O2.ClH/c1-6-4(9)8(7-10)3-2-5;/h2-3H2,1H3,(H,6,9);1H. The lowest BCUT2D eigenvalue weighted by Crippen LogP contribution is -2.34. The molecule has 1 N–H and O–H groups in total. The Morgan fingerprint density at radius 1 is 1.73 bits per heavy atom. The molecule has 66 valence electrons. The Bertz CT molecular complexity index is 133. The van der Waals surface area contributed by atoms with Crippen LogP contribution in [0.3, 0.4) is 0 Å². The van der Waals surface area contributed by atoms with E-state index in [1.165, 1.54) is 7.05 Å². The van der Waals surface area contributed by atoms with E-state index in [-0.39, 0.29) is 24.8 Å². The van der Waals surface area contributed by atoms with Gasteiger partial charge in [0.2, 0.25) is 0 Å². The third-order valence-corrected chi connectivity index (χ3v) is 1.01. The first-order valence-corrected chi connectivity index (χ1v) is 3.18. The minimum Gasteiger partial charge on any atom is -0.339 e. The fourth-order valence-electron chi connectivity index (χ4n) is 0.389. The summed E-state index contributed by atoms with van der Waals surface area (Å²) in [6, 6.07) is -0.546. The number of urea groups is 1. The van der Waals surface area contributed by atoms with Gasteiger partial charge in [0.1, 0.15) is 0 Å². The van der Waals surface area contributed by atoms with Crippen LogP contribution in [0.5, 0.6) is 0 Å². The Morgan fingerprint density at radius 2 is 2.27 bits per heavy atom. The zero-order valence-electron chi connectivity index (χ0n) is 5.91. The summed E-state index contributed by atoms with van der Waals surface area (Å²) in [7, 11) is 1.41. The molecule has 0 aliphatic carbocycles. The van der Waals surface area contributed by atoms with Gasteiger partial charge in [-0.15, -0.1) is 28.9 Å². The van der Waals surface area contributed by atoms with E-state index in [1.54, 1.807) is 0 Å². The van der Waals surface area contributed by atoms with Gasteiger partial charge in [-0.05, 0) is 0 Å². The van der Waals surface area contributed by atoms with Gasteiger partial charge in [0.15, 0.2) is 0 Å². The third kappa shape index (κ3) is 4.80. The highest BCUT2D eigenvalue weighted by molar-refractivity contribution is 6.18. The summed E-state index contributed by atoms with van der Waals surface area (Å²) >= 11 is 5.26. The van der Waals surface area contributed by atoms with Crippen LogP contribution < -0.4 is 5.32 Å². The molecule has 0 fully saturated rings. The average Bonchev–Trinajstić information content (AvgIpc) is 1.99. The maximum Gasteiger partial charge on any atom is 0.340 e. The first-order valence-electron chi connectivity index (χ1n) is 2.64. The van der Waals surface area contributed by atoms with Gasteiger partial charge in [-0.25, -0.2) is 4.79 Å². The van der Waals surface area contributed by atoms with Gasteiger partial charge in [-0.3, -0.25) is 0 Å². The molecule has 0 saturated carbocycles. The zero-order chi connectivity index (χ0) is 7.98. The molecule has 5 nitrogen and oxygen atoms in total. The minimum atomic E-state index is -0.546. The molecular formula is C4H9Cl2N3O2. The van der Waals surface area contributed by atoms with Crippen LogP contribution in [0.15, 0.2) is 5.29 Å². The fraction of sp³-hybridized carbons (Fsp3) is 0.750. The second kappa shape index (κ2) is 7.56. The molecule has 0 bridgehead atoms. The number of rotatable bonds is 3. The Balaban J connectivity index is 0. The Kier molecular flexibility index (Phi) is 8.98. The molecule has 2 amide bonds. The van der Waals surface area contributed by atoms with Crippen molar-refractivity contribution in [3.63, 3.8) is 0 Å². The molecule has 0 heterocycles. The molecule has 0 rings (SSSR count). The molecule has 0 saturated heterocycles. The van der Waals surface area contributed by atoms with E-state index in [4.69, 9.17) is 11.6 Å². The maximum absolute atomic E-state index is 10.6. The molecule has 0 aliphatic heterocycles. The van der Waals surface area contributed by atoms with Gasteiger partial charge in [-0.2, -0.15) is 5.01 Å². The van der Waals surface area contributed by atoms with Gasteiger partial charge in [0.25, 0.3) is 0 Å². The highest BCUT2D eigenvalue weighted by Crippen LogP contribution is 1.90. The number of carbonyl (C=O) groups is 1. The number of alkyl halides is 1. The molecule has 7 heteroatoms. The van der Waals surface area contributed by atoms with E-state index in [9.17, 15) is 9.70 Å². The van der Waals surface area contributed by atoms with Crippen molar-refractivity contribution in [1.29, 1.82) is 0 Å². The van der Waals surface area contributed by atoms with E-state index in [1.807, 2.05) is 0 Å². The van der Waals surface area contributed by atoms with Crippen molar-refractivity contribution in [2.45, 2.75) is 0 Å². The quantitative estimate of drug-likeness (QED) is 0.421. The van der Waals surface area contributed by atoms with Crippen LogP contribution in [0, 0.1) is 4.91 Å². The summed E-state index contributed by atoms with van der Waals surface area (Å²) in [5.41, 5.74) is 0. The van der Waals surface area contributed by atoms with Gasteiger partial charge in [-0.1, -0.05) is 0 Å². The molecule has 0 aromatic rings. The number of halogens is 2. The number of hydrogen-bond donors (Lipinski definition) is 1. The number of hydrogen-bond acceptors (Lipinski definition) is 3. The first-order chi connectivity index (χ1) is 4.76. The van der Waals surface area contributed by atoms with E-state index in [0.717, 1.165) is 0 Å². The van der Waals surface area contributed by atoms with Crippen molar-refractivity contribution >= 4 is 30.0 Å². The van der Waals surface area contributed by atoms with E-state index in [2.05, 4.69) is 10.6 Å². The van der Waals surface area contributed by atoms with Gasteiger partial charge < -0.3 is 5.32 Å². The van der Waals surface area contributed by atoms with Crippen LogP contribution in [-0.2, 0) is 0 Å². The average molecular weight is 202 g/mol. The monoisotopic (exact) mass is 201 g/mol. The number of nitrogens with one attached hydrogen (secondary N) is 1. The zero-order valence-corrected chi connectivity index (χ0v) is 7.48. The van der Waals surface area contributed by atoms with E-state index in [0.29, 0.717) is 5.01 Å². The SMILES string of the molecule is CNC(=O)N(CCCl)N=O.Cl. The van der Waals surface area contributed by atoms with Gasteiger partial charge in [0, 0.05) is 12.9 Å². The lowest BCUT2D eigenvalue weighted by molar-refractivity contribution is 0.204. The molecule has 11 heavy (non-hydrogen) atoms. The predicted octanol–water partition coefficient (Wildman–Crippen LogP) is 0.970. The number of nitroso groups, excluding NO2 is 1. The fourth-order valence-corrected chi connectivity index (χ4v) is 0.549. The van der Waals surface area contributed by atoms with Crippen LogP contribution in [0.4, 0.5) is 4.79 Å². The van der Waals surface area contributed by atoms with Crippen molar-refractivity contribution in [1.82, 2.24) is 10.3 Å². The van der Waals surface area contributed by atoms with Crippen molar-refractivity contribution in [2.24, 2.45) is 5.29 Å². The molecule has 0 atom stereocenters. The van der Waals surface area contributed by atoms with E-state index < -0.39 is 6.03 Å². The molecular weight excluding hydrogens is 193 g/mol. The molecule has 0 unspecified atom stereocenters. The van der Waals surface area contributed by atoms with Crippen molar-refractivity contribution in [3.8, 4) is 0 Å². The molecule has 0 aliphatic rings. The van der Waals surface area contributed by atoms with Crippen LogP contribution in [-0.4, -0.2) is 30.5 Å². The Labute approximate surface area is 75.4 Å². The van der Waals surface area contributed by atoms with Crippen LogP contribution in [0.1, 0.15) is 0 Å². The smallest absolute Gasteiger partial charge is 0.339 e. The van der Waals surface area contributed by atoms with Gasteiger partial charge >= 0.3 is 6.03 Å². The summed E-state index contributed by atoms with van der Waals surface area (Å²) in [6.07, 6.45) is 0. The summed E-state index contributed by atoms with van der Waals surface area (Å²) in [5.74, 6) is 0.194. The summed E-state index contributed by atoms with van der Waals surface area (Å²) in [5, 5.41) is 5.39. The van der Waals surface area contributed by atoms with Crippen molar-refractivity contribution in [3.05, 3.63) is 4.91 Å². The van der Waals surface area contributed by atoms with Crippen LogP contribution in [0.2, 0.25) is 0 Å². The van der Waals surface area contributed by atoms with Crippen molar-refractivity contribution in [2.75, 3.05) is 19.5 Å². The van der Waals surface area contributed by atoms with Crippen molar-refractivity contribution < 1.29 is 4.79 Å². The topological polar surface area (TPSA) is 61.8 Å². The number of amides is 2. The third-order valence-electron chi connectivity index (χ3n) is 0.843. The second-order valence-electron chi connectivity index (χ2n) is 1.45. The normalized spacial score (nSPS) is 7.82. The maximum atomic E-state index is 10.6. The summed E-state index contributed by atoms with van der Waals surface area (Å²) < 4.78 is 0. The van der Waals surface area contributed by atoms with Gasteiger partial charge in [0.05, 0.1) is 11.8 Å². The largest absolute Gasteiger partial charge is 0.340 e. The van der Waals surface area contributed by atoms with Crippen LogP contribution in [0.25, 0.3) is 0 Å². The molecule has 0 aromatic carbocycles. The molecule has 0 aromatic heterocycles. The summed E-state index contributed by atoms with van der Waals surface area (Å²) in [6.45, 7) is 0.130. The van der Waals surface area contributed by atoms with Crippen LogP contribution >= 0.6 is 24.0 Å². The Morgan fingerprint density at radius 3 is 2.55 bits per heavy atom. The second-order valence-corrected chi connectivity index (χ2v) is 1.83.